The van der Waals surface area contributed by atoms with Gasteiger partial charge in [0.15, 0.2) is 0 Å². The van der Waals surface area contributed by atoms with Crippen LogP contribution in [0.2, 0.25) is 0 Å². The zero-order valence-corrected chi connectivity index (χ0v) is 11.5. The molecule has 3 N–H and O–H groups in total. The van der Waals surface area contributed by atoms with Gasteiger partial charge in [0.25, 0.3) is 0 Å². The van der Waals surface area contributed by atoms with Crippen molar-refractivity contribution in [1.29, 1.82) is 0 Å². The highest BCUT2D eigenvalue weighted by Crippen LogP contribution is 2.16. The van der Waals surface area contributed by atoms with Gasteiger partial charge in [-0.05, 0) is 37.1 Å². The number of ether oxygens (including phenoxy) is 1. The molecule has 1 aromatic rings. The second-order valence-electron chi connectivity index (χ2n) is 4.56. The summed E-state index contributed by atoms with van der Waals surface area (Å²) in [5.74, 6) is -1.07. The lowest BCUT2D eigenvalue weighted by atomic mass is 10.1. The molecular weight excluding hydrogens is 262 g/mol. The van der Waals surface area contributed by atoms with Crippen LogP contribution in [0.4, 0.5) is 0 Å². The van der Waals surface area contributed by atoms with Crippen LogP contribution in [0.5, 0.6) is 5.75 Å². The summed E-state index contributed by atoms with van der Waals surface area (Å²) in [5.41, 5.74) is 2.13. The van der Waals surface area contributed by atoms with E-state index in [2.05, 4.69) is 5.32 Å². The van der Waals surface area contributed by atoms with E-state index < -0.39 is 24.5 Å². The molecule has 0 saturated carbocycles. The Kier molecular flexibility index (Phi) is 5.99. The normalized spacial score (nSPS) is 11.8. The van der Waals surface area contributed by atoms with Crippen molar-refractivity contribution in [3.63, 3.8) is 0 Å². The number of aliphatic hydroxyl groups excluding tert-OH is 1. The van der Waals surface area contributed by atoms with Gasteiger partial charge in [0.1, 0.15) is 11.8 Å². The number of amides is 1. The highest BCUT2D eigenvalue weighted by molar-refractivity contribution is 5.83. The largest absolute Gasteiger partial charge is 0.493 e. The Morgan fingerprint density at radius 1 is 1.25 bits per heavy atom. The number of benzene rings is 1. The predicted octanol–water partition coefficient (Wildman–Crippen LogP) is 0.634. The highest BCUT2D eigenvalue weighted by Gasteiger charge is 2.18. The van der Waals surface area contributed by atoms with Gasteiger partial charge in [0, 0.05) is 0 Å². The number of carbonyl (C=O) groups excluding carboxylic acids is 1. The molecule has 6 heteroatoms. The fourth-order valence-corrected chi connectivity index (χ4v) is 1.73. The lowest BCUT2D eigenvalue weighted by Crippen LogP contribution is -2.43. The van der Waals surface area contributed by atoms with Gasteiger partial charge in [-0.1, -0.05) is 6.07 Å². The molecule has 6 nitrogen and oxygen atoms in total. The summed E-state index contributed by atoms with van der Waals surface area (Å²) in [6, 6.07) is 4.46. The molecule has 0 fully saturated rings. The molecule has 0 heterocycles. The maximum atomic E-state index is 11.5. The Balaban J connectivity index is 2.40. The number of aliphatic carboxylic acids is 1. The molecule has 0 aromatic heterocycles. The van der Waals surface area contributed by atoms with E-state index >= 15 is 0 Å². The minimum absolute atomic E-state index is 0.0246. The van der Waals surface area contributed by atoms with Gasteiger partial charge in [-0.3, -0.25) is 4.79 Å². The van der Waals surface area contributed by atoms with Crippen molar-refractivity contribution in [1.82, 2.24) is 5.32 Å². The maximum absolute atomic E-state index is 11.5. The zero-order chi connectivity index (χ0) is 15.1. The third-order valence-electron chi connectivity index (χ3n) is 2.61. The maximum Gasteiger partial charge on any atom is 0.328 e. The Morgan fingerprint density at radius 2 is 1.85 bits per heavy atom. The van der Waals surface area contributed by atoms with Crippen LogP contribution in [0.25, 0.3) is 0 Å². The Labute approximate surface area is 117 Å². The summed E-state index contributed by atoms with van der Waals surface area (Å²) < 4.78 is 5.44. The number of nitrogens with one attached hydrogen (secondary N) is 1. The molecule has 0 radical (unpaired) electrons. The summed E-state index contributed by atoms with van der Waals surface area (Å²) in [7, 11) is 0. The van der Waals surface area contributed by atoms with Crippen LogP contribution in [0, 0.1) is 13.8 Å². The van der Waals surface area contributed by atoms with Gasteiger partial charge in [-0.2, -0.15) is 0 Å². The number of carboxylic acids is 1. The van der Waals surface area contributed by atoms with E-state index in [0.717, 1.165) is 11.1 Å². The molecule has 0 aliphatic carbocycles. The van der Waals surface area contributed by atoms with Gasteiger partial charge >= 0.3 is 5.97 Å². The van der Waals surface area contributed by atoms with Gasteiger partial charge in [0.05, 0.1) is 19.6 Å². The van der Waals surface area contributed by atoms with E-state index in [9.17, 15) is 9.59 Å². The van der Waals surface area contributed by atoms with E-state index in [1.54, 1.807) is 0 Å². The van der Waals surface area contributed by atoms with Gasteiger partial charge in [-0.15, -0.1) is 0 Å². The topological polar surface area (TPSA) is 95.9 Å². The van der Waals surface area contributed by atoms with Crippen molar-refractivity contribution in [3.05, 3.63) is 29.3 Å². The second kappa shape index (κ2) is 7.49. The molecule has 1 atom stereocenters. The molecule has 20 heavy (non-hydrogen) atoms. The van der Waals surface area contributed by atoms with E-state index in [0.29, 0.717) is 5.75 Å². The van der Waals surface area contributed by atoms with Gasteiger partial charge in [-0.25, -0.2) is 4.79 Å². The fraction of sp³-hybridized carbons (Fsp3) is 0.429. The molecule has 0 aliphatic rings. The average Bonchev–Trinajstić information content (AvgIpc) is 2.34. The van der Waals surface area contributed by atoms with Crippen LogP contribution < -0.4 is 10.1 Å². The number of hydrogen-bond donors (Lipinski definition) is 3. The van der Waals surface area contributed by atoms with E-state index in [-0.39, 0.29) is 13.0 Å². The number of carboxylic acid groups (broad SMARTS) is 1. The molecule has 0 aliphatic heterocycles. The molecule has 0 saturated heterocycles. The fourth-order valence-electron chi connectivity index (χ4n) is 1.73. The number of aryl methyl sites for hydroxylation is 2. The summed E-state index contributed by atoms with van der Waals surface area (Å²) in [6.07, 6.45) is 0.0246. The van der Waals surface area contributed by atoms with Crippen LogP contribution in [-0.4, -0.2) is 41.3 Å². The minimum Gasteiger partial charge on any atom is -0.493 e. The second-order valence-corrected chi connectivity index (χ2v) is 4.56. The Hall–Kier alpha value is -2.08. The highest BCUT2D eigenvalue weighted by atomic mass is 16.5. The zero-order valence-electron chi connectivity index (χ0n) is 11.5. The van der Waals surface area contributed by atoms with Crippen molar-refractivity contribution in [2.45, 2.75) is 26.3 Å². The van der Waals surface area contributed by atoms with Crippen LogP contribution in [0.15, 0.2) is 18.2 Å². The lowest BCUT2D eigenvalue weighted by molar-refractivity contribution is -0.143. The average molecular weight is 281 g/mol. The summed E-state index contributed by atoms with van der Waals surface area (Å²) in [5, 5.41) is 19.7. The first-order chi connectivity index (χ1) is 9.42. The van der Waals surface area contributed by atoms with Crippen molar-refractivity contribution in [2.75, 3.05) is 13.2 Å². The van der Waals surface area contributed by atoms with Crippen molar-refractivity contribution in [2.24, 2.45) is 0 Å². The van der Waals surface area contributed by atoms with Crippen LogP contribution in [0.3, 0.4) is 0 Å². The van der Waals surface area contributed by atoms with Crippen molar-refractivity contribution >= 4 is 11.9 Å². The van der Waals surface area contributed by atoms with Gasteiger partial charge in [0.2, 0.25) is 5.91 Å². The summed E-state index contributed by atoms with van der Waals surface area (Å²) >= 11 is 0. The first-order valence-corrected chi connectivity index (χ1v) is 6.26. The molecule has 1 rings (SSSR count). The third-order valence-corrected chi connectivity index (χ3v) is 2.61. The van der Waals surface area contributed by atoms with Crippen LogP contribution in [-0.2, 0) is 9.59 Å². The molecule has 0 unspecified atom stereocenters. The van der Waals surface area contributed by atoms with Crippen LogP contribution >= 0.6 is 0 Å². The van der Waals surface area contributed by atoms with E-state index in [1.807, 2.05) is 32.0 Å². The first kappa shape index (κ1) is 16.0. The van der Waals surface area contributed by atoms with Crippen molar-refractivity contribution in [3.8, 4) is 5.75 Å². The number of rotatable bonds is 7. The summed E-state index contributed by atoms with van der Waals surface area (Å²) in [6.45, 7) is 3.40. The monoisotopic (exact) mass is 281 g/mol. The molecule has 1 aromatic carbocycles. The SMILES string of the molecule is Cc1cc(C)cc(OCCC(=O)N[C@H](CO)C(=O)O)c1. The van der Waals surface area contributed by atoms with Gasteiger partial charge < -0.3 is 20.3 Å². The number of hydrogen-bond acceptors (Lipinski definition) is 4. The Bertz CT molecular complexity index is 466. The third kappa shape index (κ3) is 5.27. The number of aliphatic hydroxyl groups is 1. The smallest absolute Gasteiger partial charge is 0.328 e. The molecule has 0 bridgehead atoms. The molecule has 110 valence electrons. The van der Waals surface area contributed by atoms with E-state index in [1.165, 1.54) is 0 Å². The minimum atomic E-state index is -1.27. The quantitative estimate of drug-likeness (QED) is 0.681. The number of carbonyl (C=O) groups is 2. The molecule has 1 amide bonds. The molecular formula is C14H19NO5. The Morgan fingerprint density at radius 3 is 2.35 bits per heavy atom. The summed E-state index contributed by atoms with van der Waals surface area (Å²) in [4.78, 5) is 22.1. The van der Waals surface area contributed by atoms with Crippen LogP contribution in [0.1, 0.15) is 17.5 Å². The van der Waals surface area contributed by atoms with Crippen molar-refractivity contribution < 1.29 is 24.5 Å². The lowest BCUT2D eigenvalue weighted by Gasteiger charge is -2.12. The predicted molar refractivity (Wildman–Crippen MR) is 72.7 cm³/mol. The van der Waals surface area contributed by atoms with E-state index in [4.69, 9.17) is 14.9 Å². The first-order valence-electron chi connectivity index (χ1n) is 6.26. The standard InChI is InChI=1S/C14H19NO5/c1-9-5-10(2)7-11(6-9)20-4-3-13(17)15-12(8-16)14(18)19/h5-7,12,16H,3-4,8H2,1-2H3,(H,15,17)(H,18,19)/t12-/m1/s1. The molecule has 0 spiro atoms.